The Morgan fingerprint density at radius 3 is 2.55 bits per heavy atom. The molecule has 0 bridgehead atoms. The summed E-state index contributed by atoms with van der Waals surface area (Å²) < 4.78 is 2.34. The first-order valence-electron chi connectivity index (χ1n) is 13.6. The van der Waals surface area contributed by atoms with Crippen molar-refractivity contribution in [3.8, 4) is 28.2 Å². The van der Waals surface area contributed by atoms with Gasteiger partial charge in [0.15, 0.2) is 0 Å². The van der Waals surface area contributed by atoms with Gasteiger partial charge in [0, 0.05) is 36.6 Å². The number of aryl methyl sites for hydroxylation is 2. The van der Waals surface area contributed by atoms with Gasteiger partial charge in [0.05, 0.1) is 28.3 Å². The lowest BCUT2D eigenvalue weighted by Crippen LogP contribution is -2.19. The predicted octanol–water partition coefficient (Wildman–Crippen LogP) is 8.41. The summed E-state index contributed by atoms with van der Waals surface area (Å²) in [5.74, 6) is 0. The van der Waals surface area contributed by atoms with Crippen LogP contribution >= 0.6 is 0 Å². The number of fused-ring (bicyclic) bond motifs is 1. The molecule has 0 saturated carbocycles. The third kappa shape index (κ3) is 4.69. The highest BCUT2D eigenvalue weighted by atomic mass is 15.1. The summed E-state index contributed by atoms with van der Waals surface area (Å²) >= 11 is 0. The van der Waals surface area contributed by atoms with Crippen LogP contribution in [0.25, 0.3) is 50.9 Å². The molecule has 0 saturated heterocycles. The van der Waals surface area contributed by atoms with Crippen LogP contribution in [-0.4, -0.2) is 33.0 Å². The molecule has 0 aliphatic carbocycles. The quantitative estimate of drug-likeness (QED) is 0.211. The average molecular weight is 521 g/mol. The highest BCUT2D eigenvalue weighted by Gasteiger charge is 2.17. The minimum absolute atomic E-state index is 0.854. The lowest BCUT2D eigenvalue weighted by atomic mass is 10.0. The van der Waals surface area contributed by atoms with Crippen molar-refractivity contribution in [1.29, 1.82) is 0 Å². The smallest absolute Gasteiger partial charge is 0.0900 e. The van der Waals surface area contributed by atoms with Crippen molar-refractivity contribution in [3.63, 3.8) is 0 Å². The zero-order chi connectivity index (χ0) is 27.6. The molecular formula is C36H32N4. The monoisotopic (exact) mass is 520 g/mol. The summed E-state index contributed by atoms with van der Waals surface area (Å²) in [5, 5.41) is 1.26. The standard InChI is InChI=1S/C36H32N4/c1-5-6-15-34-26(3)30-21-25(2)17-18-35(30)40(34)29-13-11-12-27(22-29)28-23-32(31-14-7-9-19-37-31)38-33(24-28)36-16-8-10-20-39(36)4/h5-19,21-24H,1,20H2,2-4H3/b15-6-. The van der Waals surface area contributed by atoms with E-state index in [0.717, 1.165) is 51.8 Å². The molecule has 6 rings (SSSR count). The Morgan fingerprint density at radius 2 is 1.75 bits per heavy atom. The second-order valence-electron chi connectivity index (χ2n) is 10.2. The SMILES string of the molecule is C=C/C=C\c1c(C)c2cc(C)ccc2n1-c1cccc(-c2cc(C3=CC=CCN3C)nc(-c3ccccn3)c2)c1. The second kappa shape index (κ2) is 10.7. The van der Waals surface area contributed by atoms with E-state index in [1.807, 2.05) is 36.5 Å². The van der Waals surface area contributed by atoms with Crippen LogP contribution in [0.15, 0.2) is 116 Å². The van der Waals surface area contributed by atoms with Gasteiger partial charge in [-0.05, 0) is 91.2 Å². The van der Waals surface area contributed by atoms with Gasteiger partial charge >= 0.3 is 0 Å². The fourth-order valence-electron chi connectivity index (χ4n) is 5.40. The zero-order valence-electron chi connectivity index (χ0n) is 23.2. The van der Waals surface area contributed by atoms with Crippen LogP contribution in [0.4, 0.5) is 0 Å². The first-order valence-corrected chi connectivity index (χ1v) is 13.6. The van der Waals surface area contributed by atoms with E-state index in [9.17, 15) is 0 Å². The van der Waals surface area contributed by atoms with Crippen molar-refractivity contribution < 1.29 is 0 Å². The van der Waals surface area contributed by atoms with E-state index in [1.165, 1.54) is 22.0 Å². The Hall–Kier alpha value is -4.96. The first-order chi connectivity index (χ1) is 19.5. The molecule has 0 unspecified atom stereocenters. The number of aromatic nitrogens is 3. The topological polar surface area (TPSA) is 34.0 Å². The molecule has 0 radical (unpaired) electrons. The number of likely N-dealkylation sites (N-methyl/N-ethyl adjacent to an activating group) is 1. The van der Waals surface area contributed by atoms with Crippen molar-refractivity contribution in [3.05, 3.63) is 138 Å². The van der Waals surface area contributed by atoms with Crippen LogP contribution in [0.1, 0.15) is 22.5 Å². The van der Waals surface area contributed by atoms with E-state index in [1.54, 1.807) is 0 Å². The van der Waals surface area contributed by atoms with Gasteiger partial charge in [0.2, 0.25) is 0 Å². The molecule has 0 spiro atoms. The van der Waals surface area contributed by atoms with Crippen LogP contribution in [-0.2, 0) is 0 Å². The fraction of sp³-hybridized carbons (Fsp3) is 0.111. The summed E-state index contributed by atoms with van der Waals surface area (Å²) in [6.07, 6.45) is 14.2. The molecule has 4 nitrogen and oxygen atoms in total. The molecule has 4 heteroatoms. The Labute approximate surface area is 236 Å². The second-order valence-corrected chi connectivity index (χ2v) is 10.2. The molecule has 0 N–H and O–H groups in total. The normalized spacial score (nSPS) is 13.3. The van der Waals surface area contributed by atoms with Crippen molar-refractivity contribution in [2.75, 3.05) is 13.6 Å². The molecule has 1 aliphatic rings. The number of benzene rings is 2. The van der Waals surface area contributed by atoms with Crippen molar-refractivity contribution in [1.82, 2.24) is 19.4 Å². The number of hydrogen-bond donors (Lipinski definition) is 0. The number of hydrogen-bond acceptors (Lipinski definition) is 3. The lowest BCUT2D eigenvalue weighted by molar-refractivity contribution is 0.529. The average Bonchev–Trinajstić information content (AvgIpc) is 3.27. The summed E-state index contributed by atoms with van der Waals surface area (Å²) in [7, 11) is 2.10. The van der Waals surface area contributed by atoms with E-state index in [-0.39, 0.29) is 0 Å². The molecule has 1 aliphatic heterocycles. The highest BCUT2D eigenvalue weighted by molar-refractivity contribution is 5.91. The number of rotatable bonds is 6. The van der Waals surface area contributed by atoms with Gasteiger partial charge in [-0.2, -0.15) is 0 Å². The van der Waals surface area contributed by atoms with E-state index in [0.29, 0.717) is 0 Å². The van der Waals surface area contributed by atoms with E-state index in [4.69, 9.17) is 4.98 Å². The number of allylic oxidation sites excluding steroid dienone is 4. The molecular weight excluding hydrogens is 488 g/mol. The third-order valence-electron chi connectivity index (χ3n) is 7.45. The van der Waals surface area contributed by atoms with Gasteiger partial charge in [0.25, 0.3) is 0 Å². The largest absolute Gasteiger partial charge is 0.369 e. The van der Waals surface area contributed by atoms with E-state index >= 15 is 0 Å². The molecule has 40 heavy (non-hydrogen) atoms. The van der Waals surface area contributed by atoms with E-state index < -0.39 is 0 Å². The van der Waals surface area contributed by atoms with Crippen LogP contribution in [0.3, 0.4) is 0 Å². The van der Waals surface area contributed by atoms with Gasteiger partial charge in [-0.25, -0.2) is 4.98 Å². The summed E-state index contributed by atoms with van der Waals surface area (Å²) in [6, 6.07) is 25.7. The Kier molecular flexibility index (Phi) is 6.75. The van der Waals surface area contributed by atoms with Gasteiger partial charge in [0.1, 0.15) is 0 Å². The number of nitrogens with zero attached hydrogens (tertiary/aromatic N) is 4. The van der Waals surface area contributed by atoms with Gasteiger partial charge in [-0.1, -0.05) is 60.7 Å². The minimum Gasteiger partial charge on any atom is -0.369 e. The lowest BCUT2D eigenvalue weighted by Gasteiger charge is -2.24. The maximum absolute atomic E-state index is 5.05. The molecule has 2 aromatic carbocycles. The summed E-state index contributed by atoms with van der Waals surface area (Å²) in [5.41, 5.74) is 11.9. The molecule has 3 aromatic heterocycles. The maximum atomic E-state index is 5.05. The van der Waals surface area contributed by atoms with Crippen molar-refractivity contribution >= 4 is 22.7 Å². The highest BCUT2D eigenvalue weighted by Crippen LogP contribution is 2.34. The first kappa shape index (κ1) is 25.3. The zero-order valence-corrected chi connectivity index (χ0v) is 23.2. The molecule has 0 amide bonds. The molecule has 4 heterocycles. The predicted molar refractivity (Wildman–Crippen MR) is 168 cm³/mol. The fourth-order valence-corrected chi connectivity index (χ4v) is 5.40. The third-order valence-corrected chi connectivity index (χ3v) is 7.45. The molecule has 0 atom stereocenters. The molecule has 5 aromatic rings. The minimum atomic E-state index is 0.854. The van der Waals surface area contributed by atoms with Gasteiger partial charge in [-0.3, -0.25) is 4.98 Å². The molecule has 196 valence electrons. The van der Waals surface area contributed by atoms with Crippen LogP contribution < -0.4 is 0 Å². The van der Waals surface area contributed by atoms with Crippen LogP contribution in [0.5, 0.6) is 0 Å². The summed E-state index contributed by atoms with van der Waals surface area (Å²) in [6.45, 7) is 9.09. The van der Waals surface area contributed by atoms with Crippen molar-refractivity contribution in [2.24, 2.45) is 0 Å². The van der Waals surface area contributed by atoms with Gasteiger partial charge in [-0.15, -0.1) is 0 Å². The number of pyridine rings is 2. The Balaban J connectivity index is 1.55. The van der Waals surface area contributed by atoms with Crippen molar-refractivity contribution in [2.45, 2.75) is 13.8 Å². The Morgan fingerprint density at radius 1 is 0.875 bits per heavy atom. The van der Waals surface area contributed by atoms with Crippen LogP contribution in [0, 0.1) is 13.8 Å². The van der Waals surface area contributed by atoms with Crippen LogP contribution in [0.2, 0.25) is 0 Å². The molecule has 0 fully saturated rings. The maximum Gasteiger partial charge on any atom is 0.0900 e. The Bertz CT molecular complexity index is 1820. The van der Waals surface area contributed by atoms with Gasteiger partial charge < -0.3 is 9.47 Å². The van der Waals surface area contributed by atoms with E-state index in [2.05, 4.69) is 121 Å². The summed E-state index contributed by atoms with van der Waals surface area (Å²) in [4.78, 5) is 11.9.